The molecule has 2 heterocycles. The van der Waals surface area contributed by atoms with Crippen LogP contribution in [0.5, 0.6) is 0 Å². The average Bonchev–Trinajstić information content (AvgIpc) is 3.39. The number of nitro groups is 1. The molecule has 0 amide bonds. The van der Waals surface area contributed by atoms with Crippen molar-refractivity contribution in [2.75, 3.05) is 0 Å². The third-order valence-corrected chi connectivity index (χ3v) is 4.94. The van der Waals surface area contributed by atoms with Crippen molar-refractivity contribution in [1.29, 1.82) is 0 Å². The molecule has 144 valence electrons. The molecule has 4 rings (SSSR count). The fourth-order valence-electron chi connectivity index (χ4n) is 2.69. The molecule has 0 fully saturated rings. The van der Waals surface area contributed by atoms with Crippen molar-refractivity contribution in [1.82, 2.24) is 4.68 Å². The molecule has 0 aliphatic heterocycles. The number of rotatable bonds is 6. The molecule has 0 spiro atoms. The molecule has 0 aliphatic carbocycles. The van der Waals surface area contributed by atoms with Gasteiger partial charge in [-0.1, -0.05) is 60.7 Å². The molecule has 2 aromatic heterocycles. The van der Waals surface area contributed by atoms with Gasteiger partial charge in [-0.15, -0.1) is 11.3 Å². The Hall–Kier alpha value is -3.78. The molecule has 8 heteroatoms. The van der Waals surface area contributed by atoms with Gasteiger partial charge < -0.3 is 4.42 Å². The lowest BCUT2D eigenvalue weighted by Crippen LogP contribution is -2.12. The highest BCUT2D eigenvalue weighted by Gasteiger charge is 2.11. The first-order chi connectivity index (χ1) is 14.2. The Kier molecular flexibility index (Phi) is 5.44. The van der Waals surface area contributed by atoms with E-state index in [2.05, 4.69) is 5.10 Å². The van der Waals surface area contributed by atoms with Gasteiger partial charge in [0.2, 0.25) is 4.80 Å². The van der Waals surface area contributed by atoms with Crippen LogP contribution in [0.2, 0.25) is 0 Å². The van der Waals surface area contributed by atoms with E-state index in [4.69, 9.17) is 9.41 Å². The number of hydrogen-bond acceptors (Lipinski definition) is 6. The minimum Gasteiger partial charge on any atom is -0.400 e. The zero-order valence-electron chi connectivity index (χ0n) is 15.2. The predicted octanol–water partition coefficient (Wildman–Crippen LogP) is 4.70. The summed E-state index contributed by atoms with van der Waals surface area (Å²) >= 11 is 1.48. The summed E-state index contributed by atoms with van der Waals surface area (Å²) in [6.45, 7) is 0.525. The number of thiazole rings is 1. The lowest BCUT2D eigenvalue weighted by molar-refractivity contribution is -0.402. The Labute approximate surface area is 170 Å². The lowest BCUT2D eigenvalue weighted by Gasteiger charge is -2.03. The summed E-state index contributed by atoms with van der Waals surface area (Å²) in [5.41, 5.74) is 2.96. The largest absolute Gasteiger partial charge is 0.433 e. The SMILES string of the molecule is O=[N+]([O-])c1ccc(C=Nn2c(-c3ccccc3)csc2=NCc2ccccc2)o1. The zero-order chi connectivity index (χ0) is 20.1. The zero-order valence-corrected chi connectivity index (χ0v) is 16.0. The molecule has 4 aromatic rings. The number of furan rings is 1. The van der Waals surface area contributed by atoms with Crippen LogP contribution in [-0.2, 0) is 6.54 Å². The Bertz CT molecular complexity index is 1210. The van der Waals surface area contributed by atoms with Gasteiger partial charge in [-0.2, -0.15) is 5.10 Å². The van der Waals surface area contributed by atoms with E-state index in [1.807, 2.05) is 66.0 Å². The van der Waals surface area contributed by atoms with Crippen LogP contribution in [0.4, 0.5) is 5.88 Å². The molecule has 0 saturated carbocycles. The molecule has 0 unspecified atom stereocenters. The first-order valence-electron chi connectivity index (χ1n) is 8.80. The molecule has 7 nitrogen and oxygen atoms in total. The molecule has 29 heavy (non-hydrogen) atoms. The van der Waals surface area contributed by atoms with Gasteiger partial charge in [0.25, 0.3) is 0 Å². The van der Waals surface area contributed by atoms with Crippen molar-refractivity contribution in [2.45, 2.75) is 6.54 Å². The second-order valence-electron chi connectivity index (χ2n) is 6.06. The fourth-order valence-corrected chi connectivity index (χ4v) is 3.53. The van der Waals surface area contributed by atoms with Gasteiger partial charge in [-0.25, -0.2) is 4.68 Å². The highest BCUT2D eigenvalue weighted by molar-refractivity contribution is 7.07. The maximum atomic E-state index is 10.8. The van der Waals surface area contributed by atoms with Crippen LogP contribution in [0, 0.1) is 10.1 Å². The van der Waals surface area contributed by atoms with Crippen LogP contribution >= 0.6 is 11.3 Å². The molecule has 0 aliphatic rings. The van der Waals surface area contributed by atoms with Gasteiger partial charge >= 0.3 is 5.88 Å². The molecule has 0 atom stereocenters. The van der Waals surface area contributed by atoms with E-state index >= 15 is 0 Å². The summed E-state index contributed by atoms with van der Waals surface area (Å²) in [5, 5.41) is 17.3. The van der Waals surface area contributed by atoms with E-state index in [1.54, 1.807) is 4.68 Å². The summed E-state index contributed by atoms with van der Waals surface area (Å²) in [4.78, 5) is 15.6. The second kappa shape index (κ2) is 8.49. The minimum absolute atomic E-state index is 0.295. The fraction of sp³-hybridized carbons (Fsp3) is 0.0476. The summed E-state index contributed by atoms with van der Waals surface area (Å²) < 4.78 is 6.89. The van der Waals surface area contributed by atoms with Crippen LogP contribution in [0.25, 0.3) is 11.3 Å². The maximum Gasteiger partial charge on any atom is 0.433 e. The Morgan fingerprint density at radius 2 is 1.76 bits per heavy atom. The van der Waals surface area contributed by atoms with Gasteiger partial charge in [-0.3, -0.25) is 15.1 Å². The number of aromatic nitrogens is 1. The smallest absolute Gasteiger partial charge is 0.400 e. The molecule has 0 N–H and O–H groups in total. The highest BCUT2D eigenvalue weighted by atomic mass is 32.1. The van der Waals surface area contributed by atoms with E-state index in [1.165, 1.54) is 29.7 Å². The number of benzene rings is 2. The van der Waals surface area contributed by atoms with Crippen molar-refractivity contribution in [2.24, 2.45) is 10.1 Å². The van der Waals surface area contributed by atoms with Gasteiger partial charge in [0.1, 0.15) is 4.92 Å². The summed E-state index contributed by atoms with van der Waals surface area (Å²) in [6.07, 6.45) is 1.45. The Morgan fingerprint density at radius 1 is 1.03 bits per heavy atom. The Balaban J connectivity index is 1.73. The van der Waals surface area contributed by atoms with Crippen molar-refractivity contribution in [3.8, 4) is 11.3 Å². The predicted molar refractivity (Wildman–Crippen MR) is 112 cm³/mol. The van der Waals surface area contributed by atoms with Crippen LogP contribution in [0.3, 0.4) is 0 Å². The standard InChI is InChI=1S/C21H16N4O3S/c26-25(27)20-12-11-18(28-20)14-23-24-19(17-9-5-2-6-10-17)15-29-21(24)22-13-16-7-3-1-4-8-16/h1-12,14-15H,13H2. The molecule has 0 bridgehead atoms. The van der Waals surface area contributed by atoms with E-state index in [9.17, 15) is 10.1 Å². The molecule has 2 aromatic carbocycles. The van der Waals surface area contributed by atoms with E-state index in [-0.39, 0.29) is 5.88 Å². The van der Waals surface area contributed by atoms with Crippen molar-refractivity contribution in [3.05, 3.63) is 104 Å². The topological polar surface area (TPSA) is 85.9 Å². The van der Waals surface area contributed by atoms with Gasteiger partial charge in [-0.05, 0) is 11.6 Å². The summed E-state index contributed by atoms with van der Waals surface area (Å²) in [7, 11) is 0. The van der Waals surface area contributed by atoms with E-state index < -0.39 is 4.92 Å². The van der Waals surface area contributed by atoms with E-state index in [0.29, 0.717) is 17.1 Å². The summed E-state index contributed by atoms with van der Waals surface area (Å²) in [6, 6.07) is 22.6. The number of hydrogen-bond donors (Lipinski definition) is 0. The Morgan fingerprint density at radius 3 is 2.45 bits per heavy atom. The van der Waals surface area contributed by atoms with Crippen LogP contribution < -0.4 is 4.80 Å². The number of nitrogens with zero attached hydrogens (tertiary/aromatic N) is 4. The quantitative estimate of drug-likeness (QED) is 0.265. The van der Waals surface area contributed by atoms with Crippen molar-refractivity contribution < 1.29 is 9.34 Å². The highest BCUT2D eigenvalue weighted by Crippen LogP contribution is 2.20. The first-order valence-corrected chi connectivity index (χ1v) is 9.67. The third kappa shape index (κ3) is 4.39. The molecule has 0 saturated heterocycles. The molecule has 0 radical (unpaired) electrons. The van der Waals surface area contributed by atoms with Gasteiger partial charge in [0.05, 0.1) is 24.5 Å². The average molecular weight is 404 g/mol. The first kappa shape index (κ1) is 18.6. The minimum atomic E-state index is -0.578. The lowest BCUT2D eigenvalue weighted by atomic mass is 10.2. The van der Waals surface area contributed by atoms with Gasteiger partial charge in [0, 0.05) is 10.9 Å². The summed E-state index contributed by atoms with van der Waals surface area (Å²) in [5.74, 6) is -0.0255. The normalized spacial score (nSPS) is 11.9. The van der Waals surface area contributed by atoms with Gasteiger partial charge in [0.15, 0.2) is 5.76 Å². The van der Waals surface area contributed by atoms with Crippen molar-refractivity contribution >= 4 is 23.4 Å². The molecular formula is C21H16N4O3S. The van der Waals surface area contributed by atoms with Crippen LogP contribution in [-0.4, -0.2) is 15.8 Å². The van der Waals surface area contributed by atoms with Crippen LogP contribution in [0.1, 0.15) is 11.3 Å². The van der Waals surface area contributed by atoms with E-state index in [0.717, 1.165) is 16.8 Å². The van der Waals surface area contributed by atoms with Crippen molar-refractivity contribution in [3.63, 3.8) is 0 Å². The second-order valence-corrected chi connectivity index (χ2v) is 6.90. The third-order valence-electron chi connectivity index (χ3n) is 4.09. The maximum absolute atomic E-state index is 10.8. The van der Waals surface area contributed by atoms with Crippen LogP contribution in [0.15, 0.2) is 92.7 Å². The molecular weight excluding hydrogens is 388 g/mol. The monoisotopic (exact) mass is 404 g/mol.